The fraction of sp³-hybridized carbons (Fsp3) is 0.312. The molecule has 1 aromatic carbocycles. The number of fused-ring (bicyclic) bond motifs is 1. The maximum absolute atomic E-state index is 12.5. The summed E-state index contributed by atoms with van der Waals surface area (Å²) >= 11 is 0. The number of aliphatic hydroxyl groups excluding tert-OH is 1. The Morgan fingerprint density at radius 2 is 2.00 bits per heavy atom. The van der Waals surface area contributed by atoms with E-state index in [0.717, 1.165) is 24.8 Å². The summed E-state index contributed by atoms with van der Waals surface area (Å²) in [4.78, 5) is 4.34. The van der Waals surface area contributed by atoms with Gasteiger partial charge in [-0.3, -0.25) is 4.98 Å². The number of sulfonamides is 1. The van der Waals surface area contributed by atoms with E-state index in [4.69, 9.17) is 0 Å². The fourth-order valence-electron chi connectivity index (χ4n) is 2.74. The summed E-state index contributed by atoms with van der Waals surface area (Å²) in [6.45, 7) is -0.346. The minimum absolute atomic E-state index is 0.238. The van der Waals surface area contributed by atoms with Gasteiger partial charge in [0.15, 0.2) is 0 Å². The smallest absolute Gasteiger partial charge is 0.241 e. The molecule has 1 aliphatic carbocycles. The number of pyridine rings is 1. The third-order valence-corrected chi connectivity index (χ3v) is 5.37. The van der Waals surface area contributed by atoms with Crippen LogP contribution in [0.4, 0.5) is 0 Å². The Bertz CT molecular complexity index is 760. The van der Waals surface area contributed by atoms with Gasteiger partial charge in [0.2, 0.25) is 10.0 Å². The number of rotatable bonds is 5. The predicted molar refractivity (Wildman–Crippen MR) is 82.9 cm³/mol. The molecule has 0 spiro atoms. The molecular formula is C16H18N2O3S. The monoisotopic (exact) mass is 318 g/mol. The summed E-state index contributed by atoms with van der Waals surface area (Å²) in [5.74, 6) is 0. The van der Waals surface area contributed by atoms with E-state index in [-0.39, 0.29) is 11.5 Å². The first-order chi connectivity index (χ1) is 10.6. The summed E-state index contributed by atoms with van der Waals surface area (Å²) in [5.41, 5.74) is 2.82. The Hall–Kier alpha value is -1.76. The first-order valence-corrected chi connectivity index (χ1v) is 8.74. The maximum atomic E-state index is 12.5. The molecule has 0 aliphatic heterocycles. The summed E-state index contributed by atoms with van der Waals surface area (Å²) < 4.78 is 27.6. The van der Waals surface area contributed by atoms with E-state index in [1.807, 2.05) is 6.07 Å². The van der Waals surface area contributed by atoms with Gasteiger partial charge in [0.05, 0.1) is 23.2 Å². The first kappa shape index (κ1) is 15.1. The molecule has 22 heavy (non-hydrogen) atoms. The lowest BCUT2D eigenvalue weighted by molar-refractivity contribution is 0.256. The maximum Gasteiger partial charge on any atom is 0.241 e. The van der Waals surface area contributed by atoms with Crippen molar-refractivity contribution < 1.29 is 13.5 Å². The Labute approximate surface area is 130 Å². The van der Waals surface area contributed by atoms with E-state index >= 15 is 0 Å². The van der Waals surface area contributed by atoms with Crippen LogP contribution in [0.1, 0.15) is 29.3 Å². The van der Waals surface area contributed by atoms with Crippen LogP contribution in [0.15, 0.2) is 47.5 Å². The number of nitrogens with zero attached hydrogens (tertiary/aromatic N) is 1. The van der Waals surface area contributed by atoms with Gasteiger partial charge in [-0.25, -0.2) is 8.42 Å². The summed E-state index contributed by atoms with van der Waals surface area (Å²) in [6, 6.07) is 9.68. The average molecular weight is 318 g/mol. The van der Waals surface area contributed by atoms with Crippen molar-refractivity contribution >= 4 is 10.0 Å². The van der Waals surface area contributed by atoms with Gasteiger partial charge < -0.3 is 5.11 Å². The highest BCUT2D eigenvalue weighted by atomic mass is 32.2. The van der Waals surface area contributed by atoms with Crippen LogP contribution in [-0.4, -0.2) is 25.1 Å². The molecule has 1 unspecified atom stereocenters. The van der Waals surface area contributed by atoms with Crippen molar-refractivity contribution in [3.8, 4) is 0 Å². The summed E-state index contributed by atoms with van der Waals surface area (Å²) in [6.07, 6.45) is 4.57. The van der Waals surface area contributed by atoms with Crippen LogP contribution >= 0.6 is 0 Å². The Balaban J connectivity index is 1.86. The minimum Gasteiger partial charge on any atom is -0.394 e. The van der Waals surface area contributed by atoms with Crippen molar-refractivity contribution in [2.75, 3.05) is 6.61 Å². The molecule has 1 atom stereocenters. The number of hydrogen-bond acceptors (Lipinski definition) is 4. The molecule has 0 saturated heterocycles. The Morgan fingerprint density at radius 3 is 2.73 bits per heavy atom. The molecule has 3 rings (SSSR count). The molecule has 5 nitrogen and oxygen atoms in total. The molecule has 2 N–H and O–H groups in total. The zero-order chi connectivity index (χ0) is 15.6. The van der Waals surface area contributed by atoms with Crippen LogP contribution in [0.2, 0.25) is 0 Å². The Kier molecular flexibility index (Phi) is 4.24. The Morgan fingerprint density at radius 1 is 1.18 bits per heavy atom. The number of aryl methyl sites for hydroxylation is 2. The SMILES string of the molecule is O=S(=O)(NC(CO)c1ccccn1)c1ccc2c(c1)CCC2. The van der Waals surface area contributed by atoms with E-state index < -0.39 is 16.1 Å². The van der Waals surface area contributed by atoms with Crippen LogP contribution < -0.4 is 4.72 Å². The molecule has 1 aliphatic rings. The van der Waals surface area contributed by atoms with Gasteiger partial charge in [-0.05, 0) is 54.7 Å². The van der Waals surface area contributed by atoms with Gasteiger partial charge >= 0.3 is 0 Å². The number of benzene rings is 1. The topological polar surface area (TPSA) is 79.3 Å². The van der Waals surface area contributed by atoms with E-state index in [0.29, 0.717) is 5.69 Å². The highest BCUT2D eigenvalue weighted by Gasteiger charge is 2.23. The first-order valence-electron chi connectivity index (χ1n) is 7.26. The third-order valence-electron chi connectivity index (χ3n) is 3.91. The lowest BCUT2D eigenvalue weighted by Crippen LogP contribution is -2.31. The molecule has 116 valence electrons. The summed E-state index contributed by atoms with van der Waals surface area (Å²) in [7, 11) is -3.69. The van der Waals surface area contributed by atoms with Crippen LogP contribution in [0, 0.1) is 0 Å². The molecule has 1 aromatic heterocycles. The highest BCUT2D eigenvalue weighted by molar-refractivity contribution is 7.89. The van der Waals surface area contributed by atoms with Crippen molar-refractivity contribution in [2.24, 2.45) is 0 Å². The minimum atomic E-state index is -3.69. The lowest BCUT2D eigenvalue weighted by atomic mass is 10.1. The van der Waals surface area contributed by atoms with Crippen LogP contribution in [0.3, 0.4) is 0 Å². The fourth-order valence-corrected chi connectivity index (χ4v) is 3.99. The van der Waals surface area contributed by atoms with Gasteiger partial charge in [0, 0.05) is 6.20 Å². The molecule has 0 amide bonds. The van der Waals surface area contributed by atoms with Crippen molar-refractivity contribution in [1.82, 2.24) is 9.71 Å². The van der Waals surface area contributed by atoms with Gasteiger partial charge in [0.1, 0.15) is 0 Å². The van der Waals surface area contributed by atoms with Crippen molar-refractivity contribution in [3.05, 3.63) is 59.4 Å². The molecule has 1 heterocycles. The van der Waals surface area contributed by atoms with Crippen LogP contribution in [0.25, 0.3) is 0 Å². The molecule has 0 radical (unpaired) electrons. The second kappa shape index (κ2) is 6.16. The number of aliphatic hydroxyl groups is 1. The van der Waals surface area contributed by atoms with Gasteiger partial charge in [-0.1, -0.05) is 12.1 Å². The number of nitrogens with one attached hydrogen (secondary N) is 1. The van der Waals surface area contributed by atoms with Gasteiger partial charge in [0.25, 0.3) is 0 Å². The largest absolute Gasteiger partial charge is 0.394 e. The molecule has 2 aromatic rings. The average Bonchev–Trinajstić information content (AvgIpc) is 3.01. The zero-order valence-corrected chi connectivity index (χ0v) is 12.9. The van der Waals surface area contributed by atoms with Gasteiger partial charge in [-0.15, -0.1) is 0 Å². The molecule has 0 bridgehead atoms. The van der Waals surface area contributed by atoms with E-state index in [2.05, 4.69) is 9.71 Å². The van der Waals surface area contributed by atoms with Gasteiger partial charge in [-0.2, -0.15) is 4.72 Å². The standard InChI is InChI=1S/C16H18N2O3S/c19-11-16(15-6-1-2-9-17-15)18-22(20,21)14-8-7-12-4-3-5-13(12)10-14/h1-2,6-10,16,18-19H,3-5,11H2. The van der Waals surface area contributed by atoms with E-state index in [9.17, 15) is 13.5 Å². The molecule has 6 heteroatoms. The lowest BCUT2D eigenvalue weighted by Gasteiger charge is -2.16. The van der Waals surface area contributed by atoms with Crippen molar-refractivity contribution in [1.29, 1.82) is 0 Å². The second-order valence-electron chi connectivity index (χ2n) is 5.40. The predicted octanol–water partition coefficient (Wildman–Crippen LogP) is 1.58. The number of hydrogen-bond donors (Lipinski definition) is 2. The van der Waals surface area contributed by atoms with Crippen LogP contribution in [0.5, 0.6) is 0 Å². The molecule has 0 fully saturated rings. The van der Waals surface area contributed by atoms with Crippen LogP contribution in [-0.2, 0) is 22.9 Å². The zero-order valence-electron chi connectivity index (χ0n) is 12.1. The third kappa shape index (κ3) is 3.04. The second-order valence-corrected chi connectivity index (χ2v) is 7.11. The quantitative estimate of drug-likeness (QED) is 0.877. The highest BCUT2D eigenvalue weighted by Crippen LogP contribution is 2.25. The normalized spacial score (nSPS) is 15.5. The molecular weight excluding hydrogens is 300 g/mol. The van der Waals surface area contributed by atoms with E-state index in [1.165, 1.54) is 5.56 Å². The van der Waals surface area contributed by atoms with Crippen molar-refractivity contribution in [3.63, 3.8) is 0 Å². The summed E-state index contributed by atoms with van der Waals surface area (Å²) in [5, 5.41) is 9.48. The molecule has 0 saturated carbocycles. The number of aromatic nitrogens is 1. The van der Waals surface area contributed by atoms with E-state index in [1.54, 1.807) is 36.5 Å². The van der Waals surface area contributed by atoms with Crippen molar-refractivity contribution in [2.45, 2.75) is 30.2 Å².